The monoisotopic (exact) mass is 328 g/mol. The van der Waals surface area contributed by atoms with Crippen LogP contribution >= 0.6 is 0 Å². The van der Waals surface area contributed by atoms with E-state index in [0.29, 0.717) is 12.5 Å². The number of unbranched alkanes of at least 4 members (excludes halogenated alkanes) is 10. The lowest BCUT2D eigenvalue weighted by Gasteiger charge is -2.17. The molecule has 1 unspecified atom stereocenters. The Bertz CT molecular complexity index is 253. The standard InChI is InChI=1S/C20H40O3/c1-3-5-6-7-10-13-16-19(23-4-2)17-14-11-8-9-12-15-18-20(21)22/h19H,3-18H2,1-2H3,(H,21,22). The third-order valence-corrected chi connectivity index (χ3v) is 4.45. The number of hydrogen-bond donors (Lipinski definition) is 1. The van der Waals surface area contributed by atoms with E-state index in [-0.39, 0.29) is 0 Å². The molecule has 0 aliphatic carbocycles. The largest absolute Gasteiger partial charge is 0.481 e. The second kappa shape index (κ2) is 17.8. The molecule has 0 amide bonds. The number of hydrogen-bond acceptors (Lipinski definition) is 2. The first-order valence-corrected chi connectivity index (χ1v) is 10.0. The van der Waals surface area contributed by atoms with Crippen molar-refractivity contribution in [1.82, 2.24) is 0 Å². The van der Waals surface area contributed by atoms with Gasteiger partial charge in [0, 0.05) is 13.0 Å². The molecule has 0 aliphatic heterocycles. The van der Waals surface area contributed by atoms with Crippen molar-refractivity contribution in [3.8, 4) is 0 Å². The van der Waals surface area contributed by atoms with Gasteiger partial charge in [-0.25, -0.2) is 0 Å². The highest BCUT2D eigenvalue weighted by molar-refractivity contribution is 5.66. The zero-order chi connectivity index (χ0) is 17.2. The number of carbonyl (C=O) groups is 1. The molecule has 0 heterocycles. The summed E-state index contributed by atoms with van der Waals surface area (Å²) in [7, 11) is 0. The first-order chi connectivity index (χ1) is 11.2. The Hall–Kier alpha value is -0.570. The SMILES string of the molecule is CCCCCCCCC(CCCCCCCCC(=O)O)OCC. The van der Waals surface area contributed by atoms with Crippen molar-refractivity contribution in [2.45, 2.75) is 116 Å². The molecule has 0 aromatic heterocycles. The van der Waals surface area contributed by atoms with Gasteiger partial charge in [0.1, 0.15) is 0 Å². The zero-order valence-corrected chi connectivity index (χ0v) is 15.7. The highest BCUT2D eigenvalue weighted by Crippen LogP contribution is 2.16. The number of carboxylic acid groups (broad SMARTS) is 1. The molecule has 0 aromatic rings. The van der Waals surface area contributed by atoms with Gasteiger partial charge >= 0.3 is 5.97 Å². The molecule has 0 radical (unpaired) electrons. The average Bonchev–Trinajstić information content (AvgIpc) is 2.52. The summed E-state index contributed by atoms with van der Waals surface area (Å²) in [6.45, 7) is 5.18. The van der Waals surface area contributed by atoms with Crippen molar-refractivity contribution in [1.29, 1.82) is 0 Å². The molecule has 3 heteroatoms. The van der Waals surface area contributed by atoms with Crippen molar-refractivity contribution in [3.63, 3.8) is 0 Å². The van der Waals surface area contributed by atoms with E-state index in [2.05, 4.69) is 13.8 Å². The topological polar surface area (TPSA) is 46.5 Å². The van der Waals surface area contributed by atoms with E-state index in [9.17, 15) is 4.79 Å². The van der Waals surface area contributed by atoms with Crippen molar-refractivity contribution < 1.29 is 14.6 Å². The molecule has 0 aromatic carbocycles. The van der Waals surface area contributed by atoms with E-state index in [1.165, 1.54) is 77.0 Å². The minimum absolute atomic E-state index is 0.324. The Balaban J connectivity index is 3.47. The number of rotatable bonds is 18. The maximum absolute atomic E-state index is 10.4. The van der Waals surface area contributed by atoms with E-state index in [0.717, 1.165) is 19.4 Å². The van der Waals surface area contributed by atoms with E-state index >= 15 is 0 Å². The molecule has 0 spiro atoms. The first-order valence-electron chi connectivity index (χ1n) is 10.0. The molecule has 0 saturated carbocycles. The number of ether oxygens (including phenoxy) is 1. The fourth-order valence-corrected chi connectivity index (χ4v) is 3.05. The van der Waals surface area contributed by atoms with Crippen LogP contribution in [0.25, 0.3) is 0 Å². The van der Waals surface area contributed by atoms with Gasteiger partial charge in [-0.05, 0) is 26.2 Å². The summed E-state index contributed by atoms with van der Waals surface area (Å²) >= 11 is 0. The quantitative estimate of drug-likeness (QED) is 0.298. The molecular formula is C20H40O3. The minimum Gasteiger partial charge on any atom is -0.481 e. The lowest BCUT2D eigenvalue weighted by Crippen LogP contribution is -2.12. The summed E-state index contributed by atoms with van der Waals surface area (Å²) in [5, 5.41) is 8.58. The summed E-state index contributed by atoms with van der Waals surface area (Å²) in [6.07, 6.45) is 18.1. The molecule has 0 rings (SSSR count). The van der Waals surface area contributed by atoms with Gasteiger partial charge in [0.2, 0.25) is 0 Å². The van der Waals surface area contributed by atoms with Crippen molar-refractivity contribution in [3.05, 3.63) is 0 Å². The molecule has 0 fully saturated rings. The van der Waals surface area contributed by atoms with E-state index in [4.69, 9.17) is 9.84 Å². The average molecular weight is 329 g/mol. The predicted molar refractivity (Wildman–Crippen MR) is 98.0 cm³/mol. The van der Waals surface area contributed by atoms with Crippen LogP contribution in [0.3, 0.4) is 0 Å². The van der Waals surface area contributed by atoms with Crippen LogP contribution in [0, 0.1) is 0 Å². The normalized spacial score (nSPS) is 12.4. The first kappa shape index (κ1) is 22.4. The molecule has 0 aliphatic rings. The smallest absolute Gasteiger partial charge is 0.303 e. The summed E-state index contributed by atoms with van der Waals surface area (Å²) in [6, 6.07) is 0. The Morgan fingerprint density at radius 1 is 0.783 bits per heavy atom. The van der Waals surface area contributed by atoms with Gasteiger partial charge in [0.05, 0.1) is 6.10 Å². The van der Waals surface area contributed by atoms with Crippen LogP contribution < -0.4 is 0 Å². The van der Waals surface area contributed by atoms with Gasteiger partial charge < -0.3 is 9.84 Å². The van der Waals surface area contributed by atoms with Crippen LogP contribution in [0.1, 0.15) is 110 Å². The molecule has 0 saturated heterocycles. The van der Waals surface area contributed by atoms with Gasteiger partial charge in [0.25, 0.3) is 0 Å². The maximum Gasteiger partial charge on any atom is 0.303 e. The van der Waals surface area contributed by atoms with Gasteiger partial charge in [0.15, 0.2) is 0 Å². The van der Waals surface area contributed by atoms with E-state index < -0.39 is 5.97 Å². The Kier molecular flexibility index (Phi) is 17.3. The van der Waals surface area contributed by atoms with Gasteiger partial charge in [-0.1, -0.05) is 77.6 Å². The summed E-state index contributed by atoms with van der Waals surface area (Å²) in [4.78, 5) is 10.4. The highest BCUT2D eigenvalue weighted by atomic mass is 16.5. The molecule has 0 bridgehead atoms. The van der Waals surface area contributed by atoms with Crippen LogP contribution in [0.15, 0.2) is 0 Å². The summed E-state index contributed by atoms with van der Waals surface area (Å²) < 4.78 is 5.88. The third-order valence-electron chi connectivity index (χ3n) is 4.45. The Morgan fingerprint density at radius 3 is 1.74 bits per heavy atom. The van der Waals surface area contributed by atoms with Crippen LogP contribution in [0.2, 0.25) is 0 Å². The Morgan fingerprint density at radius 2 is 1.26 bits per heavy atom. The molecular weight excluding hydrogens is 288 g/mol. The van der Waals surface area contributed by atoms with Crippen LogP contribution in [0.4, 0.5) is 0 Å². The van der Waals surface area contributed by atoms with Gasteiger partial charge in [-0.15, -0.1) is 0 Å². The van der Waals surface area contributed by atoms with Crippen LogP contribution in [-0.2, 0) is 9.53 Å². The Labute approximate surface area is 144 Å². The summed E-state index contributed by atoms with van der Waals surface area (Å²) in [5.74, 6) is -0.667. The number of carboxylic acids is 1. The van der Waals surface area contributed by atoms with Crippen molar-refractivity contribution in [2.24, 2.45) is 0 Å². The molecule has 1 atom stereocenters. The van der Waals surface area contributed by atoms with Crippen molar-refractivity contribution >= 4 is 5.97 Å². The van der Waals surface area contributed by atoms with Crippen LogP contribution in [0.5, 0.6) is 0 Å². The van der Waals surface area contributed by atoms with E-state index in [1.807, 2.05) is 0 Å². The second-order valence-corrected chi connectivity index (χ2v) is 6.69. The molecule has 23 heavy (non-hydrogen) atoms. The predicted octanol–water partition coefficient (Wildman–Crippen LogP) is 6.35. The minimum atomic E-state index is -0.667. The molecule has 138 valence electrons. The lowest BCUT2D eigenvalue weighted by molar-refractivity contribution is -0.137. The summed E-state index contributed by atoms with van der Waals surface area (Å²) in [5.41, 5.74) is 0. The fraction of sp³-hybridized carbons (Fsp3) is 0.950. The number of aliphatic carboxylic acids is 1. The van der Waals surface area contributed by atoms with E-state index in [1.54, 1.807) is 0 Å². The second-order valence-electron chi connectivity index (χ2n) is 6.69. The third kappa shape index (κ3) is 17.6. The highest BCUT2D eigenvalue weighted by Gasteiger charge is 2.08. The zero-order valence-electron chi connectivity index (χ0n) is 15.7. The molecule has 3 nitrogen and oxygen atoms in total. The fourth-order valence-electron chi connectivity index (χ4n) is 3.05. The van der Waals surface area contributed by atoms with Crippen LogP contribution in [-0.4, -0.2) is 23.8 Å². The van der Waals surface area contributed by atoms with Gasteiger partial charge in [-0.3, -0.25) is 4.79 Å². The maximum atomic E-state index is 10.4. The molecule has 1 N–H and O–H groups in total. The van der Waals surface area contributed by atoms with Crippen molar-refractivity contribution in [2.75, 3.05) is 6.61 Å². The lowest BCUT2D eigenvalue weighted by atomic mass is 10.0. The van der Waals surface area contributed by atoms with Gasteiger partial charge in [-0.2, -0.15) is 0 Å².